The van der Waals surface area contributed by atoms with Gasteiger partial charge in [0.15, 0.2) is 0 Å². The van der Waals surface area contributed by atoms with Crippen molar-refractivity contribution in [1.29, 1.82) is 5.26 Å². The number of hydrogen-bond donors (Lipinski definition) is 1. The number of hydrogen-bond acceptors (Lipinski definition) is 6. The molecule has 0 aliphatic heterocycles. The zero-order valence-electron chi connectivity index (χ0n) is 7.08. The molecule has 0 aromatic rings. The van der Waals surface area contributed by atoms with Gasteiger partial charge in [0.05, 0.1) is 0 Å². The first-order chi connectivity index (χ1) is 6.41. The fourth-order valence-electron chi connectivity index (χ4n) is 0.459. The summed E-state index contributed by atoms with van der Waals surface area (Å²) in [5.74, 6) is -1.05. The van der Waals surface area contributed by atoms with Crippen molar-refractivity contribution in [2.24, 2.45) is 0 Å². The van der Waals surface area contributed by atoms with E-state index in [1.807, 2.05) is 0 Å². The SMILES string of the molecule is CC=CC(=O)OC(OC#N)S(=O)(=O)O. The molecular weight excluding hydrogens is 214 g/mol. The average molecular weight is 221 g/mol. The molecule has 0 saturated carbocycles. The van der Waals surface area contributed by atoms with E-state index < -0.39 is 21.7 Å². The van der Waals surface area contributed by atoms with Crippen LogP contribution in [-0.4, -0.2) is 24.6 Å². The predicted molar refractivity (Wildman–Crippen MR) is 42.9 cm³/mol. The van der Waals surface area contributed by atoms with Crippen LogP contribution in [0.5, 0.6) is 0 Å². The lowest BCUT2D eigenvalue weighted by atomic mass is 10.5. The van der Waals surface area contributed by atoms with Crippen LogP contribution in [0.3, 0.4) is 0 Å². The van der Waals surface area contributed by atoms with Crippen molar-refractivity contribution in [3.63, 3.8) is 0 Å². The van der Waals surface area contributed by atoms with Crippen LogP contribution in [0.1, 0.15) is 6.92 Å². The first-order valence-electron chi connectivity index (χ1n) is 3.26. The summed E-state index contributed by atoms with van der Waals surface area (Å²) in [4.78, 5) is 10.7. The van der Waals surface area contributed by atoms with Gasteiger partial charge in [-0.3, -0.25) is 4.55 Å². The Bertz CT molecular complexity index is 364. The molecule has 0 aliphatic rings. The molecule has 14 heavy (non-hydrogen) atoms. The Balaban J connectivity index is 4.57. The lowest BCUT2D eigenvalue weighted by Crippen LogP contribution is -2.27. The molecule has 0 fully saturated rings. The maximum absolute atomic E-state index is 10.7. The Morgan fingerprint density at radius 2 is 2.21 bits per heavy atom. The highest BCUT2D eigenvalue weighted by Gasteiger charge is 2.28. The molecule has 7 nitrogen and oxygen atoms in total. The summed E-state index contributed by atoms with van der Waals surface area (Å²) < 4.78 is 37.2. The second-order valence-corrected chi connectivity index (χ2v) is 3.36. The van der Waals surface area contributed by atoms with Crippen LogP contribution in [0.2, 0.25) is 0 Å². The lowest BCUT2D eigenvalue weighted by Gasteiger charge is -2.09. The average Bonchev–Trinajstić information content (AvgIpc) is 2.02. The van der Waals surface area contributed by atoms with Gasteiger partial charge in [-0.05, 0) is 6.92 Å². The Labute approximate surface area is 80.3 Å². The van der Waals surface area contributed by atoms with E-state index in [2.05, 4.69) is 9.47 Å². The van der Waals surface area contributed by atoms with E-state index in [1.54, 1.807) is 0 Å². The quantitative estimate of drug-likeness (QED) is 0.229. The third-order valence-corrected chi connectivity index (χ3v) is 1.59. The Morgan fingerprint density at radius 3 is 2.57 bits per heavy atom. The van der Waals surface area contributed by atoms with Crippen molar-refractivity contribution in [2.75, 3.05) is 0 Å². The molecule has 1 N–H and O–H groups in total. The van der Waals surface area contributed by atoms with Crippen molar-refractivity contribution in [3.05, 3.63) is 12.2 Å². The van der Waals surface area contributed by atoms with Gasteiger partial charge in [0.25, 0.3) is 6.26 Å². The minimum absolute atomic E-state index is 0.902. The number of rotatable bonds is 4. The first kappa shape index (κ1) is 12.4. The summed E-state index contributed by atoms with van der Waals surface area (Å²) in [6, 6.07) is 0. The van der Waals surface area contributed by atoms with E-state index >= 15 is 0 Å². The molecule has 0 aromatic heterocycles. The van der Waals surface area contributed by atoms with Crippen LogP contribution in [0.4, 0.5) is 0 Å². The van der Waals surface area contributed by atoms with E-state index in [4.69, 9.17) is 9.81 Å². The number of nitrogens with zero attached hydrogens (tertiary/aromatic N) is 1. The normalized spacial score (nSPS) is 13.2. The smallest absolute Gasteiger partial charge is 0.383 e. The van der Waals surface area contributed by atoms with Crippen molar-refractivity contribution in [1.82, 2.24) is 0 Å². The van der Waals surface area contributed by atoms with E-state index in [0.29, 0.717) is 0 Å². The van der Waals surface area contributed by atoms with Gasteiger partial charge in [0, 0.05) is 6.08 Å². The van der Waals surface area contributed by atoms with E-state index in [1.165, 1.54) is 13.0 Å². The molecule has 0 rings (SSSR count). The van der Waals surface area contributed by atoms with Gasteiger partial charge >= 0.3 is 21.7 Å². The molecule has 0 aromatic carbocycles. The molecule has 0 saturated heterocycles. The second kappa shape index (κ2) is 5.21. The van der Waals surface area contributed by atoms with Gasteiger partial charge in [-0.1, -0.05) is 6.08 Å². The predicted octanol–water partition coefficient (Wildman–Crippen LogP) is -0.225. The van der Waals surface area contributed by atoms with Crippen LogP contribution in [0.15, 0.2) is 12.2 Å². The number of nitriles is 1. The number of carbonyl (C=O) groups is 1. The van der Waals surface area contributed by atoms with Gasteiger partial charge in [0.1, 0.15) is 0 Å². The van der Waals surface area contributed by atoms with Crippen molar-refractivity contribution >= 4 is 16.1 Å². The van der Waals surface area contributed by atoms with Gasteiger partial charge < -0.3 is 9.47 Å². The molecule has 0 amide bonds. The number of allylic oxidation sites excluding steroid dienone is 1. The summed E-state index contributed by atoms with van der Waals surface area (Å²) >= 11 is 0. The highest BCUT2D eigenvalue weighted by molar-refractivity contribution is 7.86. The van der Waals surface area contributed by atoms with E-state index in [9.17, 15) is 13.2 Å². The van der Waals surface area contributed by atoms with E-state index in [0.717, 1.165) is 12.3 Å². The molecule has 0 heterocycles. The fourth-order valence-corrected chi connectivity index (χ4v) is 0.840. The fraction of sp³-hybridized carbons (Fsp3) is 0.333. The molecule has 1 unspecified atom stereocenters. The zero-order chi connectivity index (χ0) is 11.2. The van der Waals surface area contributed by atoms with Gasteiger partial charge in [-0.2, -0.15) is 13.7 Å². The van der Waals surface area contributed by atoms with Crippen molar-refractivity contribution < 1.29 is 27.2 Å². The maximum atomic E-state index is 10.7. The third kappa shape index (κ3) is 4.44. The largest absolute Gasteiger partial charge is 0.405 e. The summed E-state index contributed by atoms with van der Waals surface area (Å²) in [7, 11) is -4.76. The van der Waals surface area contributed by atoms with Crippen LogP contribution >= 0.6 is 0 Å². The standard InChI is InChI=1S/C6H7NO6S/c1-2-3-5(8)13-6(12-4-7)14(9,10)11/h2-3,6H,1H3,(H,9,10,11). The highest BCUT2D eigenvalue weighted by Crippen LogP contribution is 2.03. The summed E-state index contributed by atoms with van der Waals surface area (Å²) in [5, 5.41) is 7.99. The minimum Gasteiger partial charge on any atom is -0.405 e. The first-order valence-corrected chi connectivity index (χ1v) is 4.76. The number of ether oxygens (including phenoxy) is 2. The molecule has 0 bridgehead atoms. The van der Waals surface area contributed by atoms with Crippen molar-refractivity contribution in [2.45, 2.75) is 12.5 Å². The van der Waals surface area contributed by atoms with Gasteiger partial charge in [-0.25, -0.2) is 4.79 Å². The summed E-state index contributed by atoms with van der Waals surface area (Å²) in [5.41, 5.74) is -2.32. The summed E-state index contributed by atoms with van der Waals surface area (Å²) in [6.07, 6.45) is 3.17. The zero-order valence-corrected chi connectivity index (χ0v) is 7.89. The molecular formula is C6H7NO6S. The van der Waals surface area contributed by atoms with Crippen LogP contribution in [0.25, 0.3) is 0 Å². The molecule has 8 heteroatoms. The highest BCUT2D eigenvalue weighted by atomic mass is 32.2. The van der Waals surface area contributed by atoms with Crippen LogP contribution in [-0.2, 0) is 24.4 Å². The molecule has 0 aliphatic carbocycles. The van der Waals surface area contributed by atoms with Crippen LogP contribution < -0.4 is 0 Å². The number of esters is 1. The molecule has 78 valence electrons. The van der Waals surface area contributed by atoms with Gasteiger partial charge in [0.2, 0.25) is 0 Å². The molecule has 0 radical (unpaired) electrons. The maximum Gasteiger partial charge on any atom is 0.383 e. The molecule has 1 atom stereocenters. The van der Waals surface area contributed by atoms with E-state index in [-0.39, 0.29) is 0 Å². The monoisotopic (exact) mass is 221 g/mol. The third-order valence-electron chi connectivity index (χ3n) is 0.907. The molecule has 0 spiro atoms. The Hall–Kier alpha value is -1.59. The van der Waals surface area contributed by atoms with Crippen molar-refractivity contribution in [3.8, 4) is 6.26 Å². The topological polar surface area (TPSA) is 114 Å². The lowest BCUT2D eigenvalue weighted by molar-refractivity contribution is -0.151. The van der Waals surface area contributed by atoms with Gasteiger partial charge in [-0.15, -0.1) is 0 Å². The number of carbonyl (C=O) groups excluding carboxylic acids is 1. The summed E-state index contributed by atoms with van der Waals surface area (Å²) in [6.45, 7) is 1.49. The Morgan fingerprint density at radius 1 is 1.64 bits per heavy atom. The Kier molecular flexibility index (Phi) is 4.62. The second-order valence-electron chi connectivity index (χ2n) is 1.95. The van der Waals surface area contributed by atoms with Crippen LogP contribution in [0, 0.1) is 11.5 Å². The minimum atomic E-state index is -4.76.